The SMILES string of the molecule is O=C(NCCc1cccc(Br)c1)c1ccccc1Oc1ccccc1. The number of hydrogen-bond donors (Lipinski definition) is 1. The molecule has 0 atom stereocenters. The Labute approximate surface area is 155 Å². The smallest absolute Gasteiger partial charge is 0.255 e. The van der Waals surface area contributed by atoms with E-state index >= 15 is 0 Å². The van der Waals surface area contributed by atoms with E-state index in [-0.39, 0.29) is 5.91 Å². The van der Waals surface area contributed by atoms with Crippen LogP contribution in [0.4, 0.5) is 0 Å². The summed E-state index contributed by atoms with van der Waals surface area (Å²) in [4.78, 5) is 12.5. The molecule has 3 nitrogen and oxygen atoms in total. The first-order chi connectivity index (χ1) is 12.2. The maximum absolute atomic E-state index is 12.5. The van der Waals surface area contributed by atoms with Gasteiger partial charge in [0.05, 0.1) is 5.56 Å². The largest absolute Gasteiger partial charge is 0.457 e. The molecule has 0 heterocycles. The normalized spacial score (nSPS) is 10.3. The van der Waals surface area contributed by atoms with Gasteiger partial charge in [-0.3, -0.25) is 4.79 Å². The summed E-state index contributed by atoms with van der Waals surface area (Å²) >= 11 is 3.46. The summed E-state index contributed by atoms with van der Waals surface area (Å²) in [6.45, 7) is 0.564. The van der Waals surface area contributed by atoms with Crippen LogP contribution in [0.25, 0.3) is 0 Å². The molecule has 0 aliphatic carbocycles. The summed E-state index contributed by atoms with van der Waals surface area (Å²) in [6.07, 6.45) is 0.771. The number of amides is 1. The van der Waals surface area contributed by atoms with E-state index in [1.165, 1.54) is 5.56 Å². The van der Waals surface area contributed by atoms with Gasteiger partial charge < -0.3 is 10.1 Å². The average molecular weight is 396 g/mol. The van der Waals surface area contributed by atoms with Gasteiger partial charge in [-0.2, -0.15) is 0 Å². The molecule has 0 aromatic heterocycles. The van der Waals surface area contributed by atoms with Crippen molar-refractivity contribution in [3.63, 3.8) is 0 Å². The molecule has 3 rings (SSSR count). The van der Waals surface area contributed by atoms with Crippen LogP contribution >= 0.6 is 15.9 Å². The third kappa shape index (κ3) is 4.94. The van der Waals surface area contributed by atoms with Crippen LogP contribution in [0.2, 0.25) is 0 Å². The van der Waals surface area contributed by atoms with E-state index in [0.29, 0.717) is 23.6 Å². The summed E-state index contributed by atoms with van der Waals surface area (Å²) < 4.78 is 6.88. The molecule has 25 heavy (non-hydrogen) atoms. The second kappa shape index (κ2) is 8.49. The van der Waals surface area contributed by atoms with Gasteiger partial charge in [0.25, 0.3) is 5.91 Å². The van der Waals surface area contributed by atoms with Crippen molar-refractivity contribution >= 4 is 21.8 Å². The van der Waals surface area contributed by atoms with Crippen molar-refractivity contribution in [3.05, 3.63) is 94.5 Å². The second-order valence-electron chi connectivity index (χ2n) is 5.55. The molecular weight excluding hydrogens is 378 g/mol. The number of rotatable bonds is 6. The number of hydrogen-bond acceptors (Lipinski definition) is 2. The molecule has 0 unspecified atom stereocenters. The molecule has 0 saturated heterocycles. The molecule has 1 amide bonds. The monoisotopic (exact) mass is 395 g/mol. The van der Waals surface area contributed by atoms with E-state index in [0.717, 1.165) is 10.9 Å². The second-order valence-corrected chi connectivity index (χ2v) is 6.46. The van der Waals surface area contributed by atoms with E-state index in [4.69, 9.17) is 4.74 Å². The molecule has 1 N–H and O–H groups in total. The zero-order chi connectivity index (χ0) is 17.5. The first-order valence-corrected chi connectivity index (χ1v) is 8.86. The van der Waals surface area contributed by atoms with Crippen LogP contribution in [0, 0.1) is 0 Å². The number of halogens is 1. The average Bonchev–Trinajstić information content (AvgIpc) is 2.63. The van der Waals surface area contributed by atoms with Crippen LogP contribution in [0.3, 0.4) is 0 Å². The summed E-state index contributed by atoms with van der Waals surface area (Å²) in [6, 6.07) is 24.8. The Morgan fingerprint density at radius 2 is 1.68 bits per heavy atom. The molecule has 0 fully saturated rings. The van der Waals surface area contributed by atoms with Gasteiger partial charge in [0.2, 0.25) is 0 Å². The predicted molar refractivity (Wildman–Crippen MR) is 103 cm³/mol. The van der Waals surface area contributed by atoms with Crippen LogP contribution in [0.5, 0.6) is 11.5 Å². The van der Waals surface area contributed by atoms with Crippen molar-refractivity contribution in [2.45, 2.75) is 6.42 Å². The Balaban J connectivity index is 1.64. The van der Waals surface area contributed by atoms with Crippen molar-refractivity contribution < 1.29 is 9.53 Å². The highest BCUT2D eigenvalue weighted by atomic mass is 79.9. The fraction of sp³-hybridized carbons (Fsp3) is 0.0952. The van der Waals surface area contributed by atoms with E-state index in [1.54, 1.807) is 12.1 Å². The van der Waals surface area contributed by atoms with Crippen LogP contribution < -0.4 is 10.1 Å². The molecule has 3 aromatic rings. The van der Waals surface area contributed by atoms with E-state index < -0.39 is 0 Å². The summed E-state index contributed by atoms with van der Waals surface area (Å²) in [5.41, 5.74) is 1.70. The van der Waals surface area contributed by atoms with Crippen LogP contribution in [0.15, 0.2) is 83.3 Å². The highest BCUT2D eigenvalue weighted by molar-refractivity contribution is 9.10. The molecule has 0 saturated carbocycles. The van der Waals surface area contributed by atoms with E-state index in [1.807, 2.05) is 60.7 Å². The molecule has 3 aromatic carbocycles. The lowest BCUT2D eigenvalue weighted by Gasteiger charge is -2.11. The molecule has 0 radical (unpaired) electrons. The highest BCUT2D eigenvalue weighted by Gasteiger charge is 2.12. The molecule has 0 aliphatic heterocycles. The standard InChI is InChI=1S/C21H18BrNO2/c22-17-8-6-7-16(15-17)13-14-23-21(24)19-11-4-5-12-20(19)25-18-9-2-1-3-10-18/h1-12,15H,13-14H2,(H,23,24). The zero-order valence-corrected chi connectivity index (χ0v) is 15.2. The molecular formula is C21H18BrNO2. The first-order valence-electron chi connectivity index (χ1n) is 8.07. The molecule has 4 heteroatoms. The minimum absolute atomic E-state index is 0.137. The Kier molecular flexibility index (Phi) is 5.86. The van der Waals surface area contributed by atoms with Gasteiger partial charge in [0, 0.05) is 11.0 Å². The quantitative estimate of drug-likeness (QED) is 0.621. The third-order valence-electron chi connectivity index (χ3n) is 3.69. The highest BCUT2D eigenvalue weighted by Crippen LogP contribution is 2.24. The van der Waals surface area contributed by atoms with Gasteiger partial charge in [-0.1, -0.05) is 58.4 Å². The lowest BCUT2D eigenvalue weighted by molar-refractivity contribution is 0.0952. The van der Waals surface area contributed by atoms with E-state index in [9.17, 15) is 4.79 Å². The van der Waals surface area contributed by atoms with Gasteiger partial charge in [-0.05, 0) is 48.4 Å². The van der Waals surface area contributed by atoms with Gasteiger partial charge in [-0.25, -0.2) is 0 Å². The van der Waals surface area contributed by atoms with Gasteiger partial charge in [0.15, 0.2) is 0 Å². The van der Waals surface area contributed by atoms with Crippen molar-refractivity contribution in [1.82, 2.24) is 5.32 Å². The molecule has 0 aliphatic rings. The Morgan fingerprint density at radius 3 is 2.48 bits per heavy atom. The molecule has 0 spiro atoms. The molecule has 126 valence electrons. The topological polar surface area (TPSA) is 38.3 Å². The lowest BCUT2D eigenvalue weighted by Crippen LogP contribution is -2.26. The molecule has 0 bridgehead atoms. The predicted octanol–water partition coefficient (Wildman–Crippen LogP) is 5.21. The Morgan fingerprint density at radius 1 is 0.920 bits per heavy atom. The van der Waals surface area contributed by atoms with Crippen LogP contribution in [-0.2, 0) is 6.42 Å². The number of nitrogens with one attached hydrogen (secondary N) is 1. The van der Waals surface area contributed by atoms with Crippen LogP contribution in [-0.4, -0.2) is 12.5 Å². The van der Waals surface area contributed by atoms with Crippen molar-refractivity contribution in [2.75, 3.05) is 6.54 Å². The third-order valence-corrected chi connectivity index (χ3v) is 4.18. The van der Waals surface area contributed by atoms with Crippen molar-refractivity contribution in [3.8, 4) is 11.5 Å². The Hall–Kier alpha value is -2.59. The van der Waals surface area contributed by atoms with Crippen molar-refractivity contribution in [2.24, 2.45) is 0 Å². The van der Waals surface area contributed by atoms with Gasteiger partial charge >= 0.3 is 0 Å². The lowest BCUT2D eigenvalue weighted by atomic mass is 10.1. The number of carbonyl (C=O) groups excluding carboxylic acids is 1. The summed E-state index contributed by atoms with van der Waals surface area (Å²) in [5.74, 6) is 1.12. The maximum atomic E-state index is 12.5. The number of carbonyl (C=O) groups is 1. The van der Waals surface area contributed by atoms with Crippen LogP contribution in [0.1, 0.15) is 15.9 Å². The minimum atomic E-state index is -0.137. The fourth-order valence-corrected chi connectivity index (χ4v) is 2.91. The van der Waals surface area contributed by atoms with E-state index in [2.05, 4.69) is 27.3 Å². The fourth-order valence-electron chi connectivity index (χ4n) is 2.47. The number of para-hydroxylation sites is 2. The minimum Gasteiger partial charge on any atom is -0.457 e. The Bertz CT molecular complexity index is 849. The summed E-state index contributed by atoms with van der Waals surface area (Å²) in [5, 5.41) is 2.96. The van der Waals surface area contributed by atoms with Gasteiger partial charge in [-0.15, -0.1) is 0 Å². The summed E-state index contributed by atoms with van der Waals surface area (Å²) in [7, 11) is 0. The zero-order valence-electron chi connectivity index (χ0n) is 13.6. The van der Waals surface area contributed by atoms with Crippen molar-refractivity contribution in [1.29, 1.82) is 0 Å². The first kappa shape index (κ1) is 17.2. The van der Waals surface area contributed by atoms with Gasteiger partial charge in [0.1, 0.15) is 11.5 Å². The maximum Gasteiger partial charge on any atom is 0.255 e. The number of benzene rings is 3. The number of ether oxygens (including phenoxy) is 1.